The smallest absolute Gasteiger partial charge is 0.337 e. The number of nitrogens with zero attached hydrogens (tertiary/aromatic N) is 4. The molecule has 0 bridgehead atoms. The summed E-state index contributed by atoms with van der Waals surface area (Å²) in [6, 6.07) is 13.8. The minimum absolute atomic E-state index is 0. The van der Waals surface area contributed by atoms with Crippen LogP contribution < -0.4 is 0 Å². The molecular weight excluding hydrogens is 372 g/mol. The van der Waals surface area contributed by atoms with Crippen molar-refractivity contribution in [2.24, 2.45) is 10.2 Å². The first kappa shape index (κ1) is 19.4. The molecule has 1 aromatic heterocycles. The molecule has 0 unspecified atom stereocenters. The van der Waals surface area contributed by atoms with E-state index in [2.05, 4.69) is 15.3 Å². The molecule has 0 saturated heterocycles. The number of hydrogen-bond donors (Lipinski definition) is 2. The van der Waals surface area contributed by atoms with Gasteiger partial charge < -0.3 is 10.2 Å². The molecule has 0 atom stereocenters. The summed E-state index contributed by atoms with van der Waals surface area (Å²) in [4.78, 5) is 11.2. The van der Waals surface area contributed by atoms with Crippen LogP contribution in [0.3, 0.4) is 0 Å². The van der Waals surface area contributed by atoms with Crippen molar-refractivity contribution in [3.8, 4) is 11.6 Å². The summed E-state index contributed by atoms with van der Waals surface area (Å²) < 4.78 is 1.37. The van der Waals surface area contributed by atoms with Gasteiger partial charge in [-0.3, -0.25) is 0 Å². The number of aromatic nitrogens is 2. The summed E-state index contributed by atoms with van der Waals surface area (Å²) in [6.07, 6.45) is 0. The number of rotatable bonds is 4. The van der Waals surface area contributed by atoms with Gasteiger partial charge in [0.2, 0.25) is 5.88 Å². The zero-order chi connectivity index (χ0) is 18.0. The minimum Gasteiger partial charge on any atom is -0.492 e. The van der Waals surface area contributed by atoms with E-state index in [4.69, 9.17) is 0 Å². The van der Waals surface area contributed by atoms with Gasteiger partial charge in [0.05, 0.1) is 16.9 Å². The molecule has 3 rings (SSSR count). The summed E-state index contributed by atoms with van der Waals surface area (Å²) in [5, 5.41) is 31.9. The van der Waals surface area contributed by atoms with Crippen molar-refractivity contribution in [2.75, 3.05) is 0 Å². The van der Waals surface area contributed by atoms with Gasteiger partial charge in [-0.1, -0.05) is 29.8 Å². The van der Waals surface area contributed by atoms with E-state index in [1.54, 1.807) is 25.1 Å². The summed E-state index contributed by atoms with van der Waals surface area (Å²) in [5.74, 6) is -1.25. The Bertz CT molecular complexity index is 965. The predicted molar refractivity (Wildman–Crippen MR) is 92.3 cm³/mol. The van der Waals surface area contributed by atoms with Crippen LogP contribution in [0.15, 0.2) is 58.8 Å². The van der Waals surface area contributed by atoms with Crippen molar-refractivity contribution < 1.29 is 32.4 Å². The van der Waals surface area contributed by atoms with E-state index in [9.17, 15) is 15.0 Å². The van der Waals surface area contributed by atoms with Gasteiger partial charge in [-0.25, -0.2) is 4.79 Å². The molecule has 2 aromatic carbocycles. The molecule has 2 N–H and O–H groups in total. The van der Waals surface area contributed by atoms with E-state index in [1.807, 2.05) is 31.2 Å². The van der Waals surface area contributed by atoms with Crippen molar-refractivity contribution in [3.63, 3.8) is 0 Å². The monoisotopic (exact) mass is 388 g/mol. The number of aryl methyl sites for hydroxylation is 2. The second-order valence-corrected chi connectivity index (χ2v) is 5.53. The molecule has 0 spiro atoms. The third-order valence-electron chi connectivity index (χ3n) is 3.68. The topological polar surface area (TPSA) is 100 Å². The maximum absolute atomic E-state index is 11.2. The van der Waals surface area contributed by atoms with E-state index in [1.165, 1.54) is 10.7 Å². The quantitative estimate of drug-likeness (QED) is 0.651. The first-order valence-corrected chi connectivity index (χ1v) is 7.57. The van der Waals surface area contributed by atoms with E-state index in [0.717, 1.165) is 5.56 Å². The second-order valence-electron chi connectivity index (χ2n) is 5.53. The normalized spacial score (nSPS) is 10.7. The molecule has 7 nitrogen and oxygen atoms in total. The molecule has 3 aromatic rings. The van der Waals surface area contributed by atoms with Gasteiger partial charge in [0.15, 0.2) is 5.69 Å². The Balaban J connectivity index is 0.00000243. The summed E-state index contributed by atoms with van der Waals surface area (Å²) in [7, 11) is 0. The fraction of sp³-hybridized carbons (Fsp3) is 0.111. The van der Waals surface area contributed by atoms with Crippen LogP contribution >= 0.6 is 0 Å². The average molecular weight is 388 g/mol. The number of hydrogen-bond acceptors (Lipinski definition) is 5. The van der Waals surface area contributed by atoms with Gasteiger partial charge in [-0.2, -0.15) is 9.78 Å². The van der Waals surface area contributed by atoms with E-state index in [-0.39, 0.29) is 40.2 Å². The fourth-order valence-corrected chi connectivity index (χ4v) is 2.34. The number of aromatic carboxylic acids is 1. The summed E-state index contributed by atoms with van der Waals surface area (Å²) >= 11 is 0. The zero-order valence-electron chi connectivity index (χ0n) is 14.1. The number of carboxylic acid groups (broad SMARTS) is 1. The van der Waals surface area contributed by atoms with E-state index in [0.29, 0.717) is 11.4 Å². The van der Waals surface area contributed by atoms with Crippen LogP contribution in [0, 0.1) is 13.8 Å². The Hall–Kier alpha value is -2.95. The molecule has 0 amide bonds. The number of carboxylic acids is 1. The summed E-state index contributed by atoms with van der Waals surface area (Å²) in [6.45, 7) is 3.67. The first-order chi connectivity index (χ1) is 12.0. The molecule has 1 heterocycles. The third-order valence-corrected chi connectivity index (χ3v) is 3.68. The molecule has 0 saturated carbocycles. The van der Waals surface area contributed by atoms with Crippen LogP contribution in [0.25, 0.3) is 5.69 Å². The number of azo groups is 1. The molecule has 0 radical (unpaired) electrons. The van der Waals surface area contributed by atoms with Gasteiger partial charge in [-0.05, 0) is 38.1 Å². The molecule has 132 valence electrons. The van der Waals surface area contributed by atoms with Crippen LogP contribution in [0.2, 0.25) is 0 Å². The number of aromatic hydroxyl groups is 1. The van der Waals surface area contributed by atoms with Gasteiger partial charge in [0.25, 0.3) is 0 Å². The first-order valence-electron chi connectivity index (χ1n) is 7.57. The van der Waals surface area contributed by atoms with Crippen molar-refractivity contribution in [1.29, 1.82) is 0 Å². The average Bonchev–Trinajstić information content (AvgIpc) is 2.88. The Morgan fingerprint density at radius 3 is 2.35 bits per heavy atom. The molecule has 0 aliphatic rings. The second kappa shape index (κ2) is 7.95. The summed E-state index contributed by atoms with van der Waals surface area (Å²) in [5.41, 5.74) is 2.71. The van der Waals surface area contributed by atoms with Crippen molar-refractivity contribution in [3.05, 3.63) is 65.4 Å². The molecule has 0 fully saturated rings. The Labute approximate surface area is 160 Å². The molecule has 0 aliphatic carbocycles. The van der Waals surface area contributed by atoms with Crippen LogP contribution in [0.5, 0.6) is 5.88 Å². The zero-order valence-corrected chi connectivity index (χ0v) is 15.4. The van der Waals surface area contributed by atoms with E-state index < -0.39 is 5.97 Å². The van der Waals surface area contributed by atoms with Crippen LogP contribution in [0.1, 0.15) is 21.6 Å². The van der Waals surface area contributed by atoms with Crippen LogP contribution in [-0.2, 0) is 17.4 Å². The number of benzene rings is 2. The fourth-order valence-electron chi connectivity index (χ4n) is 2.34. The van der Waals surface area contributed by atoms with Crippen molar-refractivity contribution in [1.82, 2.24) is 9.78 Å². The molecule has 8 heteroatoms. The Morgan fingerprint density at radius 2 is 1.69 bits per heavy atom. The van der Waals surface area contributed by atoms with E-state index >= 15 is 0 Å². The third kappa shape index (κ3) is 3.82. The standard InChI is InChI=1S/C18H16N4O3.Cr/c1-11-7-9-13(10-8-11)22-17(23)16(12(2)21-22)20-19-15-6-4-3-5-14(15)18(24)25;/h3-10,23H,1-2H3,(H,24,25);. The number of carbonyl (C=O) groups is 1. The Morgan fingerprint density at radius 1 is 1.04 bits per heavy atom. The van der Waals surface area contributed by atoms with Gasteiger partial charge in [0, 0.05) is 17.4 Å². The minimum atomic E-state index is -1.09. The maximum Gasteiger partial charge on any atom is 0.337 e. The van der Waals surface area contributed by atoms with Gasteiger partial charge in [0.1, 0.15) is 5.69 Å². The SMILES string of the molecule is Cc1ccc(-n2nc(C)c(N=Nc3ccccc3C(=O)O)c2O)cc1.[Cr]. The molecule has 26 heavy (non-hydrogen) atoms. The van der Waals surface area contributed by atoms with Crippen molar-refractivity contribution in [2.45, 2.75) is 13.8 Å². The maximum atomic E-state index is 11.2. The Kier molecular flexibility index (Phi) is 5.93. The van der Waals surface area contributed by atoms with Crippen molar-refractivity contribution >= 4 is 17.3 Å². The molecule has 0 aliphatic heterocycles. The van der Waals surface area contributed by atoms with Crippen LogP contribution in [-0.4, -0.2) is 26.0 Å². The van der Waals surface area contributed by atoms with Crippen LogP contribution in [0.4, 0.5) is 11.4 Å². The largest absolute Gasteiger partial charge is 0.492 e. The van der Waals surface area contributed by atoms with Gasteiger partial charge >= 0.3 is 5.97 Å². The predicted octanol–water partition coefficient (Wildman–Crippen LogP) is 4.31. The molecular formula is C18H16CrN4O3. The van der Waals surface area contributed by atoms with Gasteiger partial charge in [-0.15, -0.1) is 10.2 Å².